The molecule has 5 nitrogen and oxygen atoms in total. The Morgan fingerprint density at radius 3 is 1.80 bits per heavy atom. The number of unbranched alkanes of at least 4 members (excludes halogenated alkanes) is 9. The van der Waals surface area contributed by atoms with E-state index >= 15 is 0 Å². The summed E-state index contributed by atoms with van der Waals surface area (Å²) in [4.78, 5) is 22.9. The average molecular weight is 510 g/mol. The Morgan fingerprint density at radius 2 is 1.30 bits per heavy atom. The Labute approximate surface area is 193 Å². The van der Waals surface area contributed by atoms with Gasteiger partial charge in [0.25, 0.3) is 0 Å². The maximum atomic E-state index is 11.8. The summed E-state index contributed by atoms with van der Waals surface area (Å²) < 4.78 is 21.1. The van der Waals surface area contributed by atoms with Gasteiger partial charge in [-0.15, -0.1) is 0 Å². The smallest absolute Gasteiger partial charge is 0.247 e. The van der Waals surface area contributed by atoms with E-state index in [1.54, 1.807) is 0 Å². The third kappa shape index (κ3) is 16.2. The van der Waals surface area contributed by atoms with Crippen LogP contribution >= 0.6 is 24.2 Å². The molecule has 0 amide bonds. The maximum absolute atomic E-state index is 11.8. The number of rotatable bonds is 19. The third-order valence-corrected chi connectivity index (χ3v) is 7.69. The van der Waals surface area contributed by atoms with E-state index in [9.17, 15) is 14.2 Å². The van der Waals surface area contributed by atoms with Gasteiger partial charge in [0.05, 0.1) is 6.42 Å². The number of alkyl halides is 1. The van der Waals surface area contributed by atoms with Gasteiger partial charge in [-0.25, -0.2) is 9.59 Å². The van der Waals surface area contributed by atoms with Crippen LogP contribution in [0, 0.1) is 11.8 Å². The SMILES string of the molecule is CCC(C)CCCCCCCCCCCCC(=O)O[P+](=O)OC(=O)C(Br)C(C)CC. The normalized spacial score (nSPS) is 14.6. The highest BCUT2D eigenvalue weighted by Crippen LogP contribution is 2.29. The van der Waals surface area contributed by atoms with E-state index in [0.717, 1.165) is 25.2 Å². The quantitative estimate of drug-likeness (QED) is 0.0994. The molecule has 0 aromatic carbocycles. The van der Waals surface area contributed by atoms with Crippen molar-refractivity contribution >= 4 is 36.1 Å². The Hall–Kier alpha value is -0.480. The van der Waals surface area contributed by atoms with Crippen LogP contribution in [0.15, 0.2) is 0 Å². The predicted molar refractivity (Wildman–Crippen MR) is 127 cm³/mol. The average Bonchev–Trinajstić information content (AvgIpc) is 2.72. The summed E-state index contributed by atoms with van der Waals surface area (Å²) in [6.07, 6.45) is 15.5. The van der Waals surface area contributed by atoms with Crippen LogP contribution in [0.1, 0.15) is 118 Å². The van der Waals surface area contributed by atoms with Crippen molar-refractivity contribution < 1.29 is 23.2 Å². The molecule has 0 heterocycles. The molecule has 0 radical (unpaired) electrons. The summed E-state index contributed by atoms with van der Waals surface area (Å²) in [5.74, 6) is -0.315. The maximum Gasteiger partial charge on any atom is 0.811 e. The molecule has 0 fully saturated rings. The van der Waals surface area contributed by atoms with Crippen LogP contribution in [-0.4, -0.2) is 16.8 Å². The van der Waals surface area contributed by atoms with Crippen LogP contribution in [0.5, 0.6) is 0 Å². The van der Waals surface area contributed by atoms with Gasteiger partial charge in [0.2, 0.25) is 0 Å². The van der Waals surface area contributed by atoms with Crippen LogP contribution in [0.3, 0.4) is 0 Å². The first-order chi connectivity index (χ1) is 14.3. The lowest BCUT2D eigenvalue weighted by Crippen LogP contribution is -2.22. The molecule has 0 rings (SSSR count). The Bertz CT molecular complexity index is 486. The van der Waals surface area contributed by atoms with Crippen molar-refractivity contribution in [2.24, 2.45) is 11.8 Å². The molecule has 4 unspecified atom stereocenters. The Balaban J connectivity index is 3.57. The minimum Gasteiger partial charge on any atom is -0.247 e. The van der Waals surface area contributed by atoms with Gasteiger partial charge in [0.15, 0.2) is 0 Å². The molecule has 176 valence electrons. The van der Waals surface area contributed by atoms with E-state index in [-0.39, 0.29) is 12.3 Å². The number of hydrogen-bond acceptors (Lipinski definition) is 5. The van der Waals surface area contributed by atoms with Gasteiger partial charge in [0.1, 0.15) is 4.83 Å². The first-order valence-electron chi connectivity index (χ1n) is 11.9. The second kappa shape index (κ2) is 19.2. The Morgan fingerprint density at radius 1 is 0.800 bits per heavy atom. The lowest BCUT2D eigenvalue weighted by molar-refractivity contribution is -0.137. The highest BCUT2D eigenvalue weighted by atomic mass is 79.9. The zero-order chi connectivity index (χ0) is 22.8. The van der Waals surface area contributed by atoms with Crippen LogP contribution in [0.25, 0.3) is 0 Å². The lowest BCUT2D eigenvalue weighted by Gasteiger charge is -2.10. The van der Waals surface area contributed by atoms with Crippen molar-refractivity contribution in [2.75, 3.05) is 0 Å². The summed E-state index contributed by atoms with van der Waals surface area (Å²) in [7, 11) is -2.74. The van der Waals surface area contributed by atoms with Gasteiger partial charge in [-0.3, -0.25) is 0 Å². The molecule has 0 aliphatic heterocycles. The van der Waals surface area contributed by atoms with E-state index in [0.29, 0.717) is 6.42 Å². The molecule has 0 aliphatic carbocycles. The summed E-state index contributed by atoms with van der Waals surface area (Å²) in [6, 6.07) is 0. The molecule has 0 aliphatic rings. The van der Waals surface area contributed by atoms with Gasteiger partial charge in [-0.1, -0.05) is 121 Å². The number of hydrogen-bond donors (Lipinski definition) is 0. The fraction of sp³-hybridized carbons (Fsp3) is 0.913. The van der Waals surface area contributed by atoms with Crippen LogP contribution in [0.2, 0.25) is 0 Å². The van der Waals surface area contributed by atoms with E-state index in [4.69, 9.17) is 9.05 Å². The van der Waals surface area contributed by atoms with E-state index in [2.05, 4.69) is 29.8 Å². The zero-order valence-electron chi connectivity index (χ0n) is 19.5. The van der Waals surface area contributed by atoms with Crippen molar-refractivity contribution in [1.82, 2.24) is 0 Å². The van der Waals surface area contributed by atoms with Crippen LogP contribution in [-0.2, 0) is 23.2 Å². The second-order valence-electron chi connectivity index (χ2n) is 8.47. The van der Waals surface area contributed by atoms with Crippen molar-refractivity contribution in [3.05, 3.63) is 0 Å². The van der Waals surface area contributed by atoms with Gasteiger partial charge < -0.3 is 0 Å². The van der Waals surface area contributed by atoms with E-state index in [1.807, 2.05) is 13.8 Å². The van der Waals surface area contributed by atoms with Gasteiger partial charge >= 0.3 is 20.2 Å². The monoisotopic (exact) mass is 509 g/mol. The first kappa shape index (κ1) is 29.5. The van der Waals surface area contributed by atoms with Crippen LogP contribution < -0.4 is 0 Å². The lowest BCUT2D eigenvalue weighted by atomic mass is 9.99. The minimum atomic E-state index is -2.74. The molecule has 0 bridgehead atoms. The van der Waals surface area contributed by atoms with Crippen molar-refractivity contribution in [3.8, 4) is 0 Å². The summed E-state index contributed by atoms with van der Waals surface area (Å²) in [6.45, 7) is 8.43. The molecule has 0 saturated carbocycles. The van der Waals surface area contributed by atoms with Gasteiger partial charge in [-0.05, 0) is 18.3 Å². The van der Waals surface area contributed by atoms with Crippen molar-refractivity contribution in [2.45, 2.75) is 122 Å². The largest absolute Gasteiger partial charge is 0.811 e. The molecule has 0 aromatic rings. The minimum absolute atomic E-state index is 0.0474. The summed E-state index contributed by atoms with van der Waals surface area (Å²) in [5, 5.41) is 0. The number of halogens is 1. The highest BCUT2D eigenvalue weighted by molar-refractivity contribution is 9.10. The second-order valence-corrected chi connectivity index (χ2v) is 10.3. The molecule has 0 N–H and O–H groups in total. The van der Waals surface area contributed by atoms with E-state index in [1.165, 1.54) is 57.8 Å². The zero-order valence-corrected chi connectivity index (χ0v) is 22.0. The van der Waals surface area contributed by atoms with E-state index < -0.39 is 25.0 Å². The Kier molecular flexibility index (Phi) is 18.9. The molecule has 7 heteroatoms. The van der Waals surface area contributed by atoms with Gasteiger partial charge in [0, 0.05) is 4.57 Å². The first-order valence-corrected chi connectivity index (χ1v) is 13.9. The van der Waals surface area contributed by atoms with Crippen molar-refractivity contribution in [3.63, 3.8) is 0 Å². The topological polar surface area (TPSA) is 69.7 Å². The highest BCUT2D eigenvalue weighted by Gasteiger charge is 2.35. The fourth-order valence-corrected chi connectivity index (χ4v) is 4.26. The number of carbonyl (C=O) groups excluding carboxylic acids is 2. The molecular weight excluding hydrogens is 467 g/mol. The standard InChI is InChI=1S/C23H43BrO5P/c1-5-19(3)17-15-13-11-9-7-8-10-12-14-16-18-21(25)28-30(27)29-23(26)22(24)20(4)6-2/h19-20,22H,5-18H2,1-4H3/q+1. The van der Waals surface area contributed by atoms with Crippen LogP contribution in [0.4, 0.5) is 0 Å². The molecular formula is C23H43BrO5P+. The molecule has 0 aromatic heterocycles. The van der Waals surface area contributed by atoms with Crippen molar-refractivity contribution in [1.29, 1.82) is 0 Å². The summed E-state index contributed by atoms with van der Waals surface area (Å²) >= 11 is 3.22. The third-order valence-electron chi connectivity index (χ3n) is 5.73. The van der Waals surface area contributed by atoms with Gasteiger partial charge in [-0.2, -0.15) is 9.05 Å². The molecule has 0 spiro atoms. The molecule has 4 atom stereocenters. The predicted octanol–water partition coefficient (Wildman–Crippen LogP) is 8.27. The molecule has 30 heavy (non-hydrogen) atoms. The molecule has 0 saturated heterocycles. The summed E-state index contributed by atoms with van der Waals surface area (Å²) in [5.41, 5.74) is 0. The number of carbonyl (C=O) groups is 2. The fourth-order valence-electron chi connectivity index (χ4n) is 3.09.